The van der Waals surface area contributed by atoms with Gasteiger partial charge in [0.05, 0.1) is 12.2 Å². The number of ether oxygens (including phenoxy) is 1. The van der Waals surface area contributed by atoms with Crippen molar-refractivity contribution < 1.29 is 4.74 Å². The molecule has 2 rings (SSSR count). The van der Waals surface area contributed by atoms with E-state index in [-0.39, 0.29) is 12.1 Å². The number of aryl methyl sites for hydroxylation is 2. The monoisotopic (exact) mass is 308 g/mol. The van der Waals surface area contributed by atoms with Gasteiger partial charge >= 0.3 is 0 Å². The van der Waals surface area contributed by atoms with Gasteiger partial charge in [-0.05, 0) is 43.5 Å². The number of hydrazine groups is 1. The smallest absolute Gasteiger partial charge is 0.121 e. The van der Waals surface area contributed by atoms with Gasteiger partial charge in [0.25, 0.3) is 0 Å². The van der Waals surface area contributed by atoms with Gasteiger partial charge in [-0.3, -0.25) is 16.0 Å². The molecule has 0 bridgehead atoms. The third-order valence-electron chi connectivity index (χ3n) is 3.40. The van der Waals surface area contributed by atoms with Crippen LogP contribution < -0.4 is 16.0 Å². The first-order valence-electron chi connectivity index (χ1n) is 6.94. The average molecular weight is 309 g/mol. The standard InChI is InChI=1S/C15H21ClN4O/c1-11(21-14-5-3-4-13(16)8-14)15(19-17)7-6-12-9-18-20(2)10-12/h3-5,8-11,15,19H,6-7,17H2,1-2H3. The van der Waals surface area contributed by atoms with Crippen LogP contribution in [0.5, 0.6) is 5.75 Å². The molecule has 1 aromatic carbocycles. The van der Waals surface area contributed by atoms with E-state index in [4.69, 9.17) is 22.2 Å². The highest BCUT2D eigenvalue weighted by Crippen LogP contribution is 2.19. The Hall–Kier alpha value is -1.56. The summed E-state index contributed by atoms with van der Waals surface area (Å²) >= 11 is 5.96. The van der Waals surface area contributed by atoms with E-state index in [0.717, 1.165) is 18.6 Å². The SMILES string of the molecule is CC(Oc1cccc(Cl)c1)C(CCc1cnn(C)c1)NN. The van der Waals surface area contributed by atoms with Crippen LogP contribution in [0.1, 0.15) is 18.9 Å². The zero-order valence-corrected chi connectivity index (χ0v) is 13.0. The summed E-state index contributed by atoms with van der Waals surface area (Å²) in [5, 5.41) is 4.82. The Labute approximate surface area is 130 Å². The summed E-state index contributed by atoms with van der Waals surface area (Å²) in [7, 11) is 1.91. The van der Waals surface area contributed by atoms with Crippen molar-refractivity contribution in [3.63, 3.8) is 0 Å². The normalized spacial score (nSPS) is 13.9. The van der Waals surface area contributed by atoms with Gasteiger partial charge in [-0.25, -0.2) is 0 Å². The number of hydrogen-bond acceptors (Lipinski definition) is 4. The molecule has 21 heavy (non-hydrogen) atoms. The summed E-state index contributed by atoms with van der Waals surface area (Å²) in [6.45, 7) is 1.99. The van der Waals surface area contributed by atoms with Gasteiger partial charge in [0, 0.05) is 18.3 Å². The molecular weight excluding hydrogens is 288 g/mol. The fourth-order valence-electron chi connectivity index (χ4n) is 2.21. The molecule has 2 unspecified atom stereocenters. The molecule has 6 heteroatoms. The summed E-state index contributed by atoms with van der Waals surface area (Å²) in [5.41, 5.74) is 4.02. The van der Waals surface area contributed by atoms with Crippen LogP contribution in [0.3, 0.4) is 0 Å². The van der Waals surface area contributed by atoms with Crippen LogP contribution in [0.15, 0.2) is 36.7 Å². The van der Waals surface area contributed by atoms with Crippen LogP contribution in [-0.4, -0.2) is 21.9 Å². The van der Waals surface area contributed by atoms with Crippen LogP contribution in [0.4, 0.5) is 0 Å². The molecule has 5 nitrogen and oxygen atoms in total. The third kappa shape index (κ3) is 4.74. The number of rotatable bonds is 7. The summed E-state index contributed by atoms with van der Waals surface area (Å²) < 4.78 is 7.69. The quantitative estimate of drug-likeness (QED) is 0.608. The highest BCUT2D eigenvalue weighted by atomic mass is 35.5. The summed E-state index contributed by atoms with van der Waals surface area (Å²) in [4.78, 5) is 0. The second kappa shape index (κ2) is 7.45. The van der Waals surface area contributed by atoms with Gasteiger partial charge in [-0.1, -0.05) is 17.7 Å². The first-order valence-corrected chi connectivity index (χ1v) is 7.32. The van der Waals surface area contributed by atoms with E-state index in [1.54, 1.807) is 10.7 Å². The molecule has 0 saturated heterocycles. The largest absolute Gasteiger partial charge is 0.489 e. The molecule has 1 heterocycles. The molecule has 0 spiro atoms. The van der Waals surface area contributed by atoms with Gasteiger partial charge in [-0.2, -0.15) is 5.10 Å². The maximum Gasteiger partial charge on any atom is 0.121 e. The van der Waals surface area contributed by atoms with Crippen molar-refractivity contribution in [2.24, 2.45) is 12.9 Å². The van der Waals surface area contributed by atoms with Crippen molar-refractivity contribution >= 4 is 11.6 Å². The van der Waals surface area contributed by atoms with Crippen LogP contribution >= 0.6 is 11.6 Å². The predicted molar refractivity (Wildman–Crippen MR) is 84.2 cm³/mol. The van der Waals surface area contributed by atoms with Crippen LogP contribution in [0.2, 0.25) is 5.02 Å². The number of aromatic nitrogens is 2. The van der Waals surface area contributed by atoms with Crippen molar-refractivity contribution in [2.75, 3.05) is 0 Å². The maximum absolute atomic E-state index is 5.96. The lowest BCUT2D eigenvalue weighted by atomic mass is 10.0. The first kappa shape index (κ1) is 15.8. The van der Waals surface area contributed by atoms with Gasteiger partial charge in [0.2, 0.25) is 0 Å². The van der Waals surface area contributed by atoms with Crippen molar-refractivity contribution in [1.29, 1.82) is 0 Å². The summed E-state index contributed by atoms with van der Waals surface area (Å²) in [6, 6.07) is 7.42. The molecule has 3 N–H and O–H groups in total. The second-order valence-corrected chi connectivity index (χ2v) is 5.55. The van der Waals surface area contributed by atoms with Crippen molar-refractivity contribution in [3.8, 4) is 5.75 Å². The Morgan fingerprint density at radius 1 is 1.48 bits per heavy atom. The van der Waals surface area contributed by atoms with Crippen molar-refractivity contribution in [2.45, 2.75) is 31.9 Å². The minimum Gasteiger partial charge on any atom is -0.489 e. The number of nitrogens with two attached hydrogens (primary N) is 1. The van der Waals surface area contributed by atoms with Crippen LogP contribution in [-0.2, 0) is 13.5 Å². The first-order chi connectivity index (χ1) is 10.1. The molecular formula is C15H21ClN4O. The second-order valence-electron chi connectivity index (χ2n) is 5.11. The molecule has 0 aliphatic heterocycles. The molecule has 0 amide bonds. The lowest BCUT2D eigenvalue weighted by Crippen LogP contribution is -2.45. The zero-order valence-electron chi connectivity index (χ0n) is 12.3. The number of nitrogens with zero attached hydrogens (tertiary/aromatic N) is 2. The van der Waals surface area contributed by atoms with Crippen LogP contribution in [0, 0.1) is 0 Å². The molecule has 0 fully saturated rings. The zero-order chi connectivity index (χ0) is 15.2. The van der Waals surface area contributed by atoms with Gasteiger partial charge in [0.15, 0.2) is 0 Å². The minimum absolute atomic E-state index is 0.0455. The lowest BCUT2D eigenvalue weighted by Gasteiger charge is -2.24. The van der Waals surface area contributed by atoms with Gasteiger partial charge in [0.1, 0.15) is 11.9 Å². The van der Waals surface area contributed by atoms with E-state index in [1.807, 2.05) is 44.6 Å². The topological polar surface area (TPSA) is 65.1 Å². The number of halogens is 1. The fourth-order valence-corrected chi connectivity index (χ4v) is 2.39. The fraction of sp³-hybridized carbons (Fsp3) is 0.400. The van der Waals surface area contributed by atoms with E-state index >= 15 is 0 Å². The maximum atomic E-state index is 5.96. The molecule has 0 radical (unpaired) electrons. The Morgan fingerprint density at radius 2 is 2.29 bits per heavy atom. The molecule has 0 aliphatic carbocycles. The summed E-state index contributed by atoms with van der Waals surface area (Å²) in [5.74, 6) is 6.40. The van der Waals surface area contributed by atoms with E-state index < -0.39 is 0 Å². The van der Waals surface area contributed by atoms with E-state index in [9.17, 15) is 0 Å². The van der Waals surface area contributed by atoms with E-state index in [0.29, 0.717) is 5.02 Å². The predicted octanol–water partition coefficient (Wildman–Crippen LogP) is 2.31. The molecule has 114 valence electrons. The highest BCUT2D eigenvalue weighted by molar-refractivity contribution is 6.30. The number of hydrogen-bond donors (Lipinski definition) is 2. The highest BCUT2D eigenvalue weighted by Gasteiger charge is 2.18. The molecule has 1 aromatic heterocycles. The van der Waals surface area contributed by atoms with E-state index in [2.05, 4.69) is 10.5 Å². The van der Waals surface area contributed by atoms with Gasteiger partial charge in [-0.15, -0.1) is 0 Å². The molecule has 2 aromatic rings. The average Bonchev–Trinajstić information content (AvgIpc) is 2.85. The molecule has 0 saturated carbocycles. The number of benzene rings is 1. The Morgan fingerprint density at radius 3 is 2.90 bits per heavy atom. The molecule has 2 atom stereocenters. The van der Waals surface area contributed by atoms with Crippen molar-refractivity contribution in [1.82, 2.24) is 15.2 Å². The Balaban J connectivity index is 1.90. The Bertz CT molecular complexity index is 572. The van der Waals surface area contributed by atoms with E-state index in [1.165, 1.54) is 5.56 Å². The minimum atomic E-state index is -0.0647. The lowest BCUT2D eigenvalue weighted by molar-refractivity contribution is 0.165. The van der Waals surface area contributed by atoms with Crippen molar-refractivity contribution in [3.05, 3.63) is 47.2 Å². The number of nitrogens with one attached hydrogen (secondary N) is 1. The van der Waals surface area contributed by atoms with Gasteiger partial charge < -0.3 is 4.74 Å². The van der Waals surface area contributed by atoms with Crippen LogP contribution in [0.25, 0.3) is 0 Å². The molecule has 0 aliphatic rings. The Kier molecular flexibility index (Phi) is 5.61. The third-order valence-corrected chi connectivity index (χ3v) is 3.64. The summed E-state index contributed by atoms with van der Waals surface area (Å²) in [6.07, 6.45) is 5.58.